The molecule has 0 amide bonds. The van der Waals surface area contributed by atoms with E-state index in [4.69, 9.17) is 30.8 Å². The molecule has 0 radical (unpaired) electrons. The van der Waals surface area contributed by atoms with Crippen LogP contribution in [-0.4, -0.2) is 18.5 Å². The van der Waals surface area contributed by atoms with Crippen LogP contribution in [0.2, 0.25) is 5.02 Å². The van der Waals surface area contributed by atoms with E-state index in [1.165, 1.54) is 6.42 Å². The van der Waals surface area contributed by atoms with Crippen molar-refractivity contribution in [2.45, 2.75) is 97.3 Å². The summed E-state index contributed by atoms with van der Waals surface area (Å²) in [5, 5.41) is 1.51. The summed E-state index contributed by atoms with van der Waals surface area (Å²) < 4.78 is 11.7. The van der Waals surface area contributed by atoms with Gasteiger partial charge in [-0.05, 0) is 18.9 Å². The van der Waals surface area contributed by atoms with Crippen molar-refractivity contribution in [1.82, 2.24) is 0 Å². The van der Waals surface area contributed by atoms with Crippen LogP contribution in [-0.2, 0) is 20.9 Å². The molecule has 2 aromatic rings. The third-order valence-electron chi connectivity index (χ3n) is 6.22. The predicted molar refractivity (Wildman–Crippen MR) is 137 cm³/mol. The first kappa shape index (κ1) is 27.3. The van der Waals surface area contributed by atoms with Crippen LogP contribution in [0.25, 0.3) is 10.8 Å². The Morgan fingerprint density at radius 2 is 1.46 bits per heavy atom. The monoisotopic (exact) mass is 504 g/mol. The number of hydrogen-bond acceptors (Lipinski definition) is 6. The summed E-state index contributed by atoms with van der Waals surface area (Å²) in [5.41, 5.74) is 0.627. The summed E-state index contributed by atoms with van der Waals surface area (Å²) >= 11 is 6.59. The van der Waals surface area contributed by atoms with E-state index in [-0.39, 0.29) is 30.0 Å². The van der Waals surface area contributed by atoms with Crippen molar-refractivity contribution in [3.63, 3.8) is 0 Å². The fourth-order valence-corrected chi connectivity index (χ4v) is 4.57. The lowest BCUT2D eigenvalue weighted by Gasteiger charge is -2.23. The smallest absolute Gasteiger partial charge is 0.311 e. The Morgan fingerprint density at radius 1 is 0.857 bits per heavy atom. The van der Waals surface area contributed by atoms with Gasteiger partial charge in [-0.25, -0.2) is 0 Å². The minimum absolute atomic E-state index is 0.259. The Labute approximate surface area is 213 Å². The second-order valence-electron chi connectivity index (χ2n) is 9.06. The number of carbonyl (C=O) groups is 2. The molecule has 0 saturated carbocycles. The number of esters is 2. The molecule has 0 bridgehead atoms. The third kappa shape index (κ3) is 7.58. The summed E-state index contributed by atoms with van der Waals surface area (Å²) in [6.07, 6.45) is 11.5. The maximum absolute atomic E-state index is 12.7. The molecule has 0 aromatic heterocycles. The SMILES string of the molecule is CCCCCCCC(=O)Oc1c2c(c(OC(=O)CCCCCCC)c3c(Cl)cccc13)CCOO2. The van der Waals surface area contributed by atoms with Crippen molar-refractivity contribution in [2.75, 3.05) is 6.61 Å². The van der Waals surface area contributed by atoms with Crippen LogP contribution in [0.5, 0.6) is 17.2 Å². The van der Waals surface area contributed by atoms with Crippen molar-refractivity contribution in [2.24, 2.45) is 0 Å². The minimum atomic E-state index is -0.337. The van der Waals surface area contributed by atoms with E-state index in [2.05, 4.69) is 13.8 Å². The van der Waals surface area contributed by atoms with E-state index < -0.39 is 0 Å². The summed E-state index contributed by atoms with van der Waals surface area (Å²) in [4.78, 5) is 36.1. The molecule has 35 heavy (non-hydrogen) atoms. The van der Waals surface area contributed by atoms with Crippen LogP contribution in [0.4, 0.5) is 0 Å². The molecule has 0 aliphatic carbocycles. The number of hydrogen-bond donors (Lipinski definition) is 0. The van der Waals surface area contributed by atoms with Crippen LogP contribution < -0.4 is 14.4 Å². The van der Waals surface area contributed by atoms with E-state index in [0.717, 1.165) is 57.8 Å². The zero-order valence-electron chi connectivity index (χ0n) is 21.0. The molecule has 0 saturated heterocycles. The van der Waals surface area contributed by atoms with Crippen LogP contribution in [0, 0.1) is 0 Å². The standard InChI is InChI=1S/C28H37ClO6/c1-3-5-7-9-11-16-23(30)33-26-21-18-19-32-35-28(21)27(20-14-13-15-22(29)25(20)26)34-24(31)17-12-10-8-6-4-2/h13-15H,3-12,16-19H2,1-2H3. The molecule has 1 aliphatic rings. The Kier molecular flexibility index (Phi) is 11.1. The second-order valence-corrected chi connectivity index (χ2v) is 9.47. The molecule has 0 spiro atoms. The molecular weight excluding hydrogens is 468 g/mol. The highest BCUT2D eigenvalue weighted by Crippen LogP contribution is 2.50. The zero-order chi connectivity index (χ0) is 25.0. The first-order valence-corrected chi connectivity index (χ1v) is 13.4. The zero-order valence-corrected chi connectivity index (χ0v) is 21.7. The fourth-order valence-electron chi connectivity index (χ4n) is 4.31. The highest BCUT2D eigenvalue weighted by molar-refractivity contribution is 6.36. The number of ether oxygens (including phenoxy) is 2. The Morgan fingerprint density at radius 3 is 2.09 bits per heavy atom. The summed E-state index contributed by atoms with van der Waals surface area (Å²) in [7, 11) is 0. The van der Waals surface area contributed by atoms with E-state index in [1.54, 1.807) is 18.2 Å². The highest BCUT2D eigenvalue weighted by atomic mass is 35.5. The number of carbonyl (C=O) groups excluding carboxylic acids is 2. The van der Waals surface area contributed by atoms with Gasteiger partial charge in [-0.1, -0.05) is 88.9 Å². The maximum atomic E-state index is 12.7. The molecular formula is C28H37ClO6. The van der Waals surface area contributed by atoms with Crippen LogP contribution >= 0.6 is 11.6 Å². The largest absolute Gasteiger partial charge is 0.425 e. The van der Waals surface area contributed by atoms with E-state index >= 15 is 0 Å². The van der Waals surface area contributed by atoms with Gasteiger partial charge in [0.15, 0.2) is 5.75 Å². The number of benzene rings is 2. The first-order valence-electron chi connectivity index (χ1n) is 13.0. The Hall–Kier alpha value is -2.31. The van der Waals surface area contributed by atoms with Gasteiger partial charge in [0.2, 0.25) is 5.75 Å². The molecule has 2 aromatic carbocycles. The molecule has 0 unspecified atom stereocenters. The van der Waals surface area contributed by atoms with Gasteiger partial charge < -0.3 is 14.4 Å². The molecule has 0 atom stereocenters. The molecule has 192 valence electrons. The van der Waals surface area contributed by atoms with Crippen LogP contribution in [0.1, 0.15) is 96.5 Å². The van der Waals surface area contributed by atoms with Crippen LogP contribution in [0.3, 0.4) is 0 Å². The molecule has 3 rings (SSSR count). The lowest BCUT2D eigenvalue weighted by Crippen LogP contribution is -2.18. The van der Waals surface area contributed by atoms with Crippen molar-refractivity contribution in [3.8, 4) is 17.2 Å². The number of rotatable bonds is 14. The Balaban J connectivity index is 1.85. The molecule has 0 fully saturated rings. The van der Waals surface area contributed by atoms with Gasteiger partial charge in [0.05, 0.1) is 11.6 Å². The lowest BCUT2D eigenvalue weighted by atomic mass is 10.00. The number of unbranched alkanes of at least 4 members (excludes halogenated alkanes) is 8. The van der Waals surface area contributed by atoms with Gasteiger partial charge in [0.25, 0.3) is 0 Å². The van der Waals surface area contributed by atoms with Crippen molar-refractivity contribution >= 4 is 34.3 Å². The number of halogens is 1. The average Bonchev–Trinajstić information content (AvgIpc) is 2.85. The number of fused-ring (bicyclic) bond motifs is 2. The van der Waals surface area contributed by atoms with Crippen LogP contribution in [0.15, 0.2) is 18.2 Å². The van der Waals surface area contributed by atoms with Gasteiger partial charge in [0, 0.05) is 35.6 Å². The minimum Gasteiger partial charge on any atom is -0.425 e. The molecule has 1 aliphatic heterocycles. The normalized spacial score (nSPS) is 12.8. The van der Waals surface area contributed by atoms with Gasteiger partial charge >= 0.3 is 11.9 Å². The van der Waals surface area contributed by atoms with Crippen molar-refractivity contribution in [1.29, 1.82) is 0 Å². The lowest BCUT2D eigenvalue weighted by molar-refractivity contribution is -0.216. The quantitative estimate of drug-likeness (QED) is 0.113. The summed E-state index contributed by atoms with van der Waals surface area (Å²) in [6, 6.07) is 5.28. The van der Waals surface area contributed by atoms with E-state index in [0.29, 0.717) is 46.4 Å². The summed E-state index contributed by atoms with van der Waals surface area (Å²) in [5.74, 6) is 0.247. The van der Waals surface area contributed by atoms with Gasteiger partial charge in [0.1, 0.15) is 5.75 Å². The highest BCUT2D eigenvalue weighted by Gasteiger charge is 2.30. The second kappa shape index (κ2) is 14.3. The van der Waals surface area contributed by atoms with Crippen molar-refractivity contribution < 1.29 is 28.8 Å². The third-order valence-corrected chi connectivity index (χ3v) is 6.53. The maximum Gasteiger partial charge on any atom is 0.311 e. The van der Waals surface area contributed by atoms with Gasteiger partial charge in [-0.3, -0.25) is 9.59 Å². The van der Waals surface area contributed by atoms with E-state index in [1.807, 2.05) is 0 Å². The molecule has 7 heteroatoms. The predicted octanol–water partition coefficient (Wildman–Crippen LogP) is 7.89. The first-order chi connectivity index (χ1) is 17.1. The van der Waals surface area contributed by atoms with Gasteiger partial charge in [-0.2, -0.15) is 4.89 Å². The molecule has 0 N–H and O–H groups in total. The fraction of sp³-hybridized carbons (Fsp3) is 0.571. The summed E-state index contributed by atoms with van der Waals surface area (Å²) in [6.45, 7) is 4.60. The van der Waals surface area contributed by atoms with Gasteiger partial charge in [-0.15, -0.1) is 0 Å². The molecule has 6 nitrogen and oxygen atoms in total. The molecule has 1 heterocycles. The van der Waals surface area contributed by atoms with E-state index in [9.17, 15) is 9.59 Å². The topological polar surface area (TPSA) is 71.1 Å². The average molecular weight is 505 g/mol. The Bertz CT molecular complexity index is 1000. The van der Waals surface area contributed by atoms with Crippen molar-refractivity contribution in [3.05, 3.63) is 28.8 Å².